The molecule has 1 saturated carbocycles. The van der Waals surface area contributed by atoms with Crippen molar-refractivity contribution < 1.29 is 0 Å². The Morgan fingerprint density at radius 2 is 2.00 bits per heavy atom. The van der Waals surface area contributed by atoms with Crippen molar-refractivity contribution in [1.82, 2.24) is 0 Å². The molecule has 0 N–H and O–H groups in total. The lowest BCUT2D eigenvalue weighted by Gasteiger charge is -2.29. The molecule has 1 nitrogen and oxygen atoms in total. The van der Waals surface area contributed by atoms with E-state index in [4.69, 9.17) is 5.26 Å². The highest BCUT2D eigenvalue weighted by molar-refractivity contribution is 8.00. The van der Waals surface area contributed by atoms with E-state index in [1.807, 2.05) is 11.8 Å². The molecule has 1 rings (SSSR count). The van der Waals surface area contributed by atoms with Crippen LogP contribution in [0.25, 0.3) is 0 Å². The predicted molar refractivity (Wildman–Crippen MR) is 54.2 cm³/mol. The molecule has 0 aromatic rings. The summed E-state index contributed by atoms with van der Waals surface area (Å²) >= 11 is 1.88. The van der Waals surface area contributed by atoms with Gasteiger partial charge in [-0.05, 0) is 25.0 Å². The predicted octanol–water partition coefficient (Wildman–Crippen LogP) is 3.36. The standard InChI is InChI=1S/C10H17NS/c1-2-8-12-10(9-11)6-4-3-5-7-10/h2-8H2,1H3. The lowest BCUT2D eigenvalue weighted by atomic mass is 9.89. The second-order valence-electron chi connectivity index (χ2n) is 3.52. The van der Waals surface area contributed by atoms with E-state index in [-0.39, 0.29) is 4.75 Å². The smallest absolute Gasteiger partial charge is 0.102 e. The quantitative estimate of drug-likeness (QED) is 0.670. The third kappa shape index (κ3) is 2.42. The highest BCUT2D eigenvalue weighted by Crippen LogP contribution is 2.39. The van der Waals surface area contributed by atoms with Gasteiger partial charge in [0.2, 0.25) is 0 Å². The fourth-order valence-electron chi connectivity index (χ4n) is 1.71. The van der Waals surface area contributed by atoms with Crippen molar-refractivity contribution in [3.8, 4) is 6.07 Å². The van der Waals surface area contributed by atoms with Crippen LogP contribution in [0.1, 0.15) is 45.4 Å². The average Bonchev–Trinajstić information content (AvgIpc) is 2.16. The van der Waals surface area contributed by atoms with Crippen molar-refractivity contribution in [2.24, 2.45) is 0 Å². The van der Waals surface area contributed by atoms with Crippen LogP contribution in [-0.4, -0.2) is 10.5 Å². The zero-order valence-corrected chi connectivity index (χ0v) is 8.62. The number of thioether (sulfide) groups is 1. The van der Waals surface area contributed by atoms with Crippen LogP contribution in [0, 0.1) is 11.3 Å². The number of nitrogens with zero attached hydrogens (tertiary/aromatic N) is 1. The van der Waals surface area contributed by atoms with Gasteiger partial charge in [-0.25, -0.2) is 0 Å². The third-order valence-corrected chi connectivity index (χ3v) is 4.11. The summed E-state index contributed by atoms with van der Waals surface area (Å²) in [7, 11) is 0. The molecule has 0 aliphatic heterocycles. The molecule has 0 heterocycles. The maximum atomic E-state index is 9.10. The average molecular weight is 183 g/mol. The molecule has 1 aliphatic carbocycles. The van der Waals surface area contributed by atoms with Gasteiger partial charge in [0.15, 0.2) is 0 Å². The summed E-state index contributed by atoms with van der Waals surface area (Å²) in [5, 5.41) is 9.10. The van der Waals surface area contributed by atoms with Crippen molar-refractivity contribution in [2.75, 3.05) is 5.75 Å². The molecule has 0 aromatic heterocycles. The van der Waals surface area contributed by atoms with E-state index < -0.39 is 0 Å². The summed E-state index contributed by atoms with van der Waals surface area (Å²) in [4.78, 5) is 0. The molecule has 0 radical (unpaired) electrons. The van der Waals surface area contributed by atoms with Gasteiger partial charge in [-0.3, -0.25) is 0 Å². The van der Waals surface area contributed by atoms with Crippen LogP contribution >= 0.6 is 11.8 Å². The van der Waals surface area contributed by atoms with Crippen LogP contribution in [0.15, 0.2) is 0 Å². The SMILES string of the molecule is CCCSC1(C#N)CCCCC1. The molecule has 0 atom stereocenters. The van der Waals surface area contributed by atoms with E-state index in [1.165, 1.54) is 25.7 Å². The Morgan fingerprint density at radius 3 is 2.50 bits per heavy atom. The first-order chi connectivity index (χ1) is 5.83. The first-order valence-corrected chi connectivity index (χ1v) is 5.87. The lowest BCUT2D eigenvalue weighted by molar-refractivity contribution is 0.459. The summed E-state index contributed by atoms with van der Waals surface area (Å²) in [6.45, 7) is 2.18. The number of rotatable bonds is 3. The fraction of sp³-hybridized carbons (Fsp3) is 0.900. The maximum Gasteiger partial charge on any atom is 0.102 e. The zero-order valence-electron chi connectivity index (χ0n) is 7.81. The topological polar surface area (TPSA) is 23.8 Å². The Kier molecular flexibility index (Phi) is 3.94. The minimum atomic E-state index is -0.00569. The van der Waals surface area contributed by atoms with Gasteiger partial charge in [0.05, 0.1) is 6.07 Å². The Hall–Kier alpha value is -0.160. The second-order valence-corrected chi connectivity index (χ2v) is 4.99. The molecule has 68 valence electrons. The van der Waals surface area contributed by atoms with Crippen molar-refractivity contribution in [1.29, 1.82) is 5.26 Å². The van der Waals surface area contributed by atoms with Gasteiger partial charge in [0, 0.05) is 0 Å². The Bertz CT molecular complexity index is 165. The molecule has 0 aromatic carbocycles. The van der Waals surface area contributed by atoms with Gasteiger partial charge >= 0.3 is 0 Å². The van der Waals surface area contributed by atoms with E-state index in [0.717, 1.165) is 18.6 Å². The Labute approximate surface area is 79.5 Å². The van der Waals surface area contributed by atoms with Gasteiger partial charge in [-0.15, -0.1) is 11.8 Å². The van der Waals surface area contributed by atoms with Gasteiger partial charge in [0.25, 0.3) is 0 Å². The van der Waals surface area contributed by atoms with Gasteiger partial charge in [0.1, 0.15) is 4.75 Å². The van der Waals surface area contributed by atoms with Crippen LogP contribution in [0.4, 0.5) is 0 Å². The molecule has 0 saturated heterocycles. The van der Waals surface area contributed by atoms with Crippen molar-refractivity contribution in [3.05, 3.63) is 0 Å². The molecule has 1 aliphatic rings. The third-order valence-electron chi connectivity index (χ3n) is 2.45. The number of hydrogen-bond acceptors (Lipinski definition) is 2. The molecule has 0 unspecified atom stereocenters. The molecule has 0 amide bonds. The van der Waals surface area contributed by atoms with Crippen molar-refractivity contribution in [2.45, 2.75) is 50.2 Å². The van der Waals surface area contributed by atoms with Crippen LogP contribution < -0.4 is 0 Å². The maximum absolute atomic E-state index is 9.10. The monoisotopic (exact) mass is 183 g/mol. The molecule has 2 heteroatoms. The van der Waals surface area contributed by atoms with Crippen LogP contribution in [0.2, 0.25) is 0 Å². The molecule has 0 spiro atoms. The van der Waals surface area contributed by atoms with E-state index in [2.05, 4.69) is 13.0 Å². The summed E-state index contributed by atoms with van der Waals surface area (Å²) in [5.74, 6) is 1.15. The first-order valence-electron chi connectivity index (χ1n) is 4.88. The Balaban J connectivity index is 2.44. The highest BCUT2D eigenvalue weighted by atomic mass is 32.2. The van der Waals surface area contributed by atoms with E-state index in [1.54, 1.807) is 0 Å². The summed E-state index contributed by atoms with van der Waals surface area (Å²) in [6.07, 6.45) is 7.26. The normalized spacial score (nSPS) is 21.7. The minimum absolute atomic E-state index is 0.00569. The van der Waals surface area contributed by atoms with Crippen LogP contribution in [-0.2, 0) is 0 Å². The molecule has 0 bridgehead atoms. The van der Waals surface area contributed by atoms with Gasteiger partial charge < -0.3 is 0 Å². The summed E-state index contributed by atoms with van der Waals surface area (Å²) in [6, 6.07) is 2.52. The zero-order chi connectivity index (χ0) is 8.86. The molecular formula is C10H17NS. The summed E-state index contributed by atoms with van der Waals surface area (Å²) < 4.78 is -0.00569. The van der Waals surface area contributed by atoms with E-state index in [0.29, 0.717) is 0 Å². The fourth-order valence-corrected chi connectivity index (χ4v) is 2.95. The lowest BCUT2D eigenvalue weighted by Crippen LogP contribution is -2.25. The molecule has 1 fully saturated rings. The van der Waals surface area contributed by atoms with Gasteiger partial charge in [-0.2, -0.15) is 5.26 Å². The second kappa shape index (κ2) is 4.77. The van der Waals surface area contributed by atoms with Crippen LogP contribution in [0.3, 0.4) is 0 Å². The molecule has 12 heavy (non-hydrogen) atoms. The van der Waals surface area contributed by atoms with E-state index in [9.17, 15) is 0 Å². The first kappa shape index (κ1) is 9.92. The van der Waals surface area contributed by atoms with Gasteiger partial charge in [-0.1, -0.05) is 26.2 Å². The van der Waals surface area contributed by atoms with Crippen LogP contribution in [0.5, 0.6) is 0 Å². The highest BCUT2D eigenvalue weighted by Gasteiger charge is 2.31. The van der Waals surface area contributed by atoms with Crippen molar-refractivity contribution >= 4 is 11.8 Å². The van der Waals surface area contributed by atoms with E-state index >= 15 is 0 Å². The minimum Gasteiger partial charge on any atom is -0.197 e. The summed E-state index contributed by atoms with van der Waals surface area (Å²) in [5.41, 5.74) is 0. The largest absolute Gasteiger partial charge is 0.197 e. The molecular weight excluding hydrogens is 166 g/mol. The number of nitriles is 1. The van der Waals surface area contributed by atoms with Crippen molar-refractivity contribution in [3.63, 3.8) is 0 Å². The Morgan fingerprint density at radius 1 is 1.33 bits per heavy atom. The number of hydrogen-bond donors (Lipinski definition) is 0.